The van der Waals surface area contributed by atoms with Crippen molar-refractivity contribution >= 4 is 29.3 Å². The molecule has 120 valence electrons. The zero-order valence-electron chi connectivity index (χ0n) is 13.3. The molecule has 2 N–H and O–H groups in total. The summed E-state index contributed by atoms with van der Waals surface area (Å²) in [4.78, 5) is 26.9. The number of rotatable bonds is 7. The van der Waals surface area contributed by atoms with E-state index in [2.05, 4.69) is 10.6 Å². The third kappa shape index (κ3) is 4.74. The Bertz CT molecular complexity index is 546. The topological polar surface area (TPSA) is 61.4 Å². The van der Waals surface area contributed by atoms with Crippen LogP contribution in [0.2, 0.25) is 0 Å². The van der Waals surface area contributed by atoms with E-state index in [1.807, 2.05) is 37.4 Å². The number of para-hydroxylation sites is 1. The van der Waals surface area contributed by atoms with E-state index in [9.17, 15) is 9.59 Å². The largest absolute Gasteiger partial charge is 0.352 e. The van der Waals surface area contributed by atoms with Crippen LogP contribution < -0.4 is 10.6 Å². The molecule has 1 aromatic carbocycles. The number of benzene rings is 1. The molecular formula is C16H23N3O2S. The number of carbonyl (C=O) groups excluding carboxylic acids is 2. The Labute approximate surface area is 135 Å². The minimum atomic E-state index is -0.317. The number of carbonyl (C=O) groups is 2. The fourth-order valence-electron chi connectivity index (χ4n) is 2.05. The number of nitrogens with one attached hydrogen (secondary N) is 2. The maximum absolute atomic E-state index is 12.2. The smallest absolute Gasteiger partial charge is 0.238 e. The fourth-order valence-corrected chi connectivity index (χ4v) is 2.60. The van der Waals surface area contributed by atoms with E-state index in [0.29, 0.717) is 6.04 Å². The van der Waals surface area contributed by atoms with Crippen LogP contribution in [0.1, 0.15) is 19.8 Å². The maximum Gasteiger partial charge on any atom is 0.238 e. The molecule has 1 saturated carbocycles. The first kappa shape index (κ1) is 16.8. The SMILES string of the molecule is CSc1ccccc1NC(=O)CN(C)C(C)C(=O)NC1CC1. The van der Waals surface area contributed by atoms with E-state index in [-0.39, 0.29) is 24.4 Å². The first-order valence-electron chi connectivity index (χ1n) is 7.44. The Hall–Kier alpha value is -1.53. The summed E-state index contributed by atoms with van der Waals surface area (Å²) >= 11 is 1.59. The van der Waals surface area contributed by atoms with Crippen molar-refractivity contribution < 1.29 is 9.59 Å². The van der Waals surface area contributed by atoms with Gasteiger partial charge < -0.3 is 10.6 Å². The quantitative estimate of drug-likeness (QED) is 0.754. The van der Waals surface area contributed by atoms with Crippen LogP contribution in [0.4, 0.5) is 5.69 Å². The van der Waals surface area contributed by atoms with Crippen molar-refractivity contribution in [2.75, 3.05) is 25.2 Å². The molecule has 0 saturated heterocycles. The minimum Gasteiger partial charge on any atom is -0.352 e. The van der Waals surface area contributed by atoms with Crippen molar-refractivity contribution in [3.8, 4) is 0 Å². The first-order valence-corrected chi connectivity index (χ1v) is 8.67. The number of hydrogen-bond acceptors (Lipinski definition) is 4. The molecular weight excluding hydrogens is 298 g/mol. The molecule has 6 heteroatoms. The maximum atomic E-state index is 12.2. The molecule has 0 spiro atoms. The predicted molar refractivity (Wildman–Crippen MR) is 90.1 cm³/mol. The van der Waals surface area contributed by atoms with E-state index >= 15 is 0 Å². The number of amides is 2. The van der Waals surface area contributed by atoms with E-state index in [1.54, 1.807) is 23.7 Å². The fraction of sp³-hybridized carbons (Fsp3) is 0.500. The Kier molecular flexibility index (Phi) is 5.85. The summed E-state index contributed by atoms with van der Waals surface area (Å²) in [5, 5.41) is 5.87. The van der Waals surface area contributed by atoms with Crippen LogP contribution in [0.3, 0.4) is 0 Å². The molecule has 22 heavy (non-hydrogen) atoms. The summed E-state index contributed by atoms with van der Waals surface area (Å²) < 4.78 is 0. The van der Waals surface area contributed by atoms with Crippen molar-refractivity contribution in [1.29, 1.82) is 0 Å². The van der Waals surface area contributed by atoms with Crippen molar-refractivity contribution in [1.82, 2.24) is 10.2 Å². The van der Waals surface area contributed by atoms with Crippen molar-refractivity contribution in [3.63, 3.8) is 0 Å². The van der Waals surface area contributed by atoms with Crippen LogP contribution >= 0.6 is 11.8 Å². The van der Waals surface area contributed by atoms with Crippen LogP contribution in [0.25, 0.3) is 0 Å². The van der Waals surface area contributed by atoms with E-state index in [1.165, 1.54) is 0 Å². The van der Waals surface area contributed by atoms with Gasteiger partial charge in [0.15, 0.2) is 0 Å². The summed E-state index contributed by atoms with van der Waals surface area (Å²) in [6.45, 7) is 2.00. The second kappa shape index (κ2) is 7.65. The van der Waals surface area contributed by atoms with Crippen LogP contribution in [0.15, 0.2) is 29.2 Å². The zero-order valence-corrected chi connectivity index (χ0v) is 14.1. The first-order chi connectivity index (χ1) is 10.5. The standard InChI is InChI=1S/C16H23N3O2S/c1-11(16(21)17-12-8-9-12)19(2)10-15(20)18-13-6-4-5-7-14(13)22-3/h4-7,11-12H,8-10H2,1-3H3,(H,17,21)(H,18,20). The summed E-state index contributed by atoms with van der Waals surface area (Å²) in [6, 6.07) is 7.71. The average Bonchev–Trinajstić information content (AvgIpc) is 3.30. The molecule has 2 amide bonds. The van der Waals surface area contributed by atoms with Gasteiger partial charge in [0.25, 0.3) is 0 Å². The number of thioether (sulfide) groups is 1. The molecule has 0 aromatic heterocycles. The Balaban J connectivity index is 1.86. The summed E-state index contributed by atoms with van der Waals surface area (Å²) in [7, 11) is 1.79. The lowest BCUT2D eigenvalue weighted by Crippen LogP contribution is -2.46. The second-order valence-electron chi connectivity index (χ2n) is 5.62. The van der Waals surface area contributed by atoms with Crippen LogP contribution in [-0.2, 0) is 9.59 Å². The summed E-state index contributed by atoms with van der Waals surface area (Å²) in [6.07, 6.45) is 4.10. The highest BCUT2D eigenvalue weighted by Crippen LogP contribution is 2.24. The van der Waals surface area contributed by atoms with Gasteiger partial charge >= 0.3 is 0 Å². The van der Waals surface area contributed by atoms with Crippen molar-refractivity contribution in [2.24, 2.45) is 0 Å². The van der Waals surface area contributed by atoms with Crippen molar-refractivity contribution in [3.05, 3.63) is 24.3 Å². The van der Waals surface area contributed by atoms with Gasteiger partial charge in [-0.2, -0.15) is 0 Å². The molecule has 0 bridgehead atoms. The highest BCUT2D eigenvalue weighted by molar-refractivity contribution is 7.98. The number of likely N-dealkylation sites (N-methyl/N-ethyl adjacent to an activating group) is 1. The van der Waals surface area contributed by atoms with E-state index in [0.717, 1.165) is 23.4 Å². The van der Waals surface area contributed by atoms with Gasteiger partial charge in [-0.1, -0.05) is 12.1 Å². The molecule has 1 unspecified atom stereocenters. The Morgan fingerprint density at radius 3 is 2.68 bits per heavy atom. The van der Waals surface area contributed by atoms with Gasteiger partial charge in [-0.15, -0.1) is 11.8 Å². The molecule has 0 heterocycles. The number of hydrogen-bond donors (Lipinski definition) is 2. The van der Waals surface area contributed by atoms with Gasteiger partial charge in [0.1, 0.15) is 0 Å². The molecule has 5 nitrogen and oxygen atoms in total. The molecule has 1 atom stereocenters. The number of nitrogens with zero attached hydrogens (tertiary/aromatic N) is 1. The van der Waals surface area contributed by atoms with E-state index in [4.69, 9.17) is 0 Å². The molecule has 1 aromatic rings. The van der Waals surface area contributed by atoms with Crippen LogP contribution in [-0.4, -0.2) is 48.6 Å². The normalized spacial score (nSPS) is 15.5. The molecule has 1 aliphatic carbocycles. The third-order valence-corrected chi connectivity index (χ3v) is 4.53. The van der Waals surface area contributed by atoms with Crippen LogP contribution in [0.5, 0.6) is 0 Å². The molecule has 2 rings (SSSR count). The second-order valence-corrected chi connectivity index (χ2v) is 6.47. The lowest BCUT2D eigenvalue weighted by atomic mass is 10.2. The number of anilines is 1. The molecule has 0 radical (unpaired) electrons. The highest BCUT2D eigenvalue weighted by Gasteiger charge is 2.27. The van der Waals surface area contributed by atoms with Gasteiger partial charge in [0, 0.05) is 10.9 Å². The van der Waals surface area contributed by atoms with E-state index < -0.39 is 0 Å². The highest BCUT2D eigenvalue weighted by atomic mass is 32.2. The lowest BCUT2D eigenvalue weighted by molar-refractivity contribution is -0.126. The van der Waals surface area contributed by atoms with Gasteiger partial charge in [0.05, 0.1) is 18.3 Å². The molecule has 1 fully saturated rings. The van der Waals surface area contributed by atoms with Gasteiger partial charge in [-0.25, -0.2) is 0 Å². The predicted octanol–water partition coefficient (Wildman–Crippen LogP) is 1.95. The Morgan fingerprint density at radius 2 is 2.05 bits per heavy atom. The summed E-state index contributed by atoms with van der Waals surface area (Å²) in [5.41, 5.74) is 0.809. The summed E-state index contributed by atoms with van der Waals surface area (Å²) in [5.74, 6) is -0.127. The zero-order chi connectivity index (χ0) is 16.1. The monoisotopic (exact) mass is 321 g/mol. The van der Waals surface area contributed by atoms with Crippen molar-refractivity contribution in [2.45, 2.75) is 36.7 Å². The van der Waals surface area contributed by atoms with Gasteiger partial charge in [-0.05, 0) is 45.2 Å². The van der Waals surface area contributed by atoms with Gasteiger partial charge in [0.2, 0.25) is 11.8 Å². The minimum absolute atomic E-state index is 0.0117. The molecule has 1 aliphatic rings. The average molecular weight is 321 g/mol. The Morgan fingerprint density at radius 1 is 1.36 bits per heavy atom. The van der Waals surface area contributed by atoms with Gasteiger partial charge in [-0.3, -0.25) is 14.5 Å². The third-order valence-electron chi connectivity index (χ3n) is 3.74. The lowest BCUT2D eigenvalue weighted by Gasteiger charge is -2.23. The van der Waals surface area contributed by atoms with Crippen LogP contribution in [0, 0.1) is 0 Å². The molecule has 0 aliphatic heterocycles.